The van der Waals surface area contributed by atoms with Crippen LogP contribution in [0.2, 0.25) is 0 Å². The van der Waals surface area contributed by atoms with Crippen molar-refractivity contribution in [3.63, 3.8) is 0 Å². The van der Waals surface area contributed by atoms with Crippen LogP contribution in [0.15, 0.2) is 23.1 Å². The highest BCUT2D eigenvalue weighted by Crippen LogP contribution is 2.27. The summed E-state index contributed by atoms with van der Waals surface area (Å²) in [6.45, 7) is -0.310. The fraction of sp³-hybridized carbons (Fsp3) is 0.600. The Kier molecular flexibility index (Phi) is 5.35. The second kappa shape index (κ2) is 6.85. The van der Waals surface area contributed by atoms with Crippen molar-refractivity contribution in [2.75, 3.05) is 7.05 Å². The van der Waals surface area contributed by atoms with E-state index in [2.05, 4.69) is 0 Å². The van der Waals surface area contributed by atoms with E-state index in [0.717, 1.165) is 44.6 Å². The van der Waals surface area contributed by atoms with E-state index in [1.54, 1.807) is 0 Å². The van der Waals surface area contributed by atoms with E-state index in [0.29, 0.717) is 5.56 Å². The number of hydrogen-bond donors (Lipinski definition) is 1. The van der Waals surface area contributed by atoms with Gasteiger partial charge in [0.2, 0.25) is 10.0 Å². The Morgan fingerprint density at radius 2 is 1.86 bits per heavy atom. The Hall–Kier alpha value is -0.980. The zero-order valence-electron chi connectivity index (χ0n) is 12.3. The molecule has 0 spiro atoms. The molecule has 1 aromatic carbocycles. The lowest BCUT2D eigenvalue weighted by Crippen LogP contribution is -2.37. The van der Waals surface area contributed by atoms with Crippen LogP contribution in [0.4, 0.5) is 4.39 Å². The van der Waals surface area contributed by atoms with Crippen LogP contribution in [0.25, 0.3) is 0 Å². The van der Waals surface area contributed by atoms with Crippen LogP contribution in [-0.2, 0) is 16.6 Å². The first-order valence-electron chi connectivity index (χ1n) is 7.34. The molecule has 6 heteroatoms. The predicted octanol–water partition coefficient (Wildman–Crippen LogP) is 2.66. The summed E-state index contributed by atoms with van der Waals surface area (Å²) in [5.74, 6) is -0.804. The first-order chi connectivity index (χ1) is 9.96. The fourth-order valence-corrected chi connectivity index (χ4v) is 4.28. The van der Waals surface area contributed by atoms with Gasteiger partial charge in [0.1, 0.15) is 10.7 Å². The number of aliphatic hydroxyl groups excluding tert-OH is 1. The lowest BCUT2D eigenvalue weighted by Gasteiger charge is -2.26. The summed E-state index contributed by atoms with van der Waals surface area (Å²) in [5.41, 5.74) is 0.364. The van der Waals surface area contributed by atoms with Crippen molar-refractivity contribution in [3.05, 3.63) is 29.6 Å². The largest absolute Gasteiger partial charge is 0.392 e. The maximum atomic E-state index is 14.0. The number of aliphatic hydroxyl groups is 1. The summed E-state index contributed by atoms with van der Waals surface area (Å²) in [7, 11) is -2.30. The van der Waals surface area contributed by atoms with Crippen LogP contribution < -0.4 is 0 Å². The smallest absolute Gasteiger partial charge is 0.245 e. The summed E-state index contributed by atoms with van der Waals surface area (Å²) < 4.78 is 40.5. The molecule has 1 N–H and O–H groups in total. The van der Waals surface area contributed by atoms with Gasteiger partial charge in [0.15, 0.2) is 0 Å². The van der Waals surface area contributed by atoms with Gasteiger partial charge >= 0.3 is 0 Å². The molecule has 0 saturated heterocycles. The molecule has 0 heterocycles. The lowest BCUT2D eigenvalue weighted by molar-refractivity contribution is 0.281. The van der Waals surface area contributed by atoms with E-state index in [9.17, 15) is 12.8 Å². The van der Waals surface area contributed by atoms with E-state index in [1.165, 1.54) is 23.5 Å². The first kappa shape index (κ1) is 16.4. The zero-order valence-corrected chi connectivity index (χ0v) is 13.1. The summed E-state index contributed by atoms with van der Waals surface area (Å²) in [4.78, 5) is -0.313. The van der Waals surface area contributed by atoms with Crippen molar-refractivity contribution < 1.29 is 17.9 Å². The molecule has 0 aliphatic heterocycles. The lowest BCUT2D eigenvalue weighted by atomic mass is 10.1. The molecular weight excluding hydrogens is 293 g/mol. The van der Waals surface area contributed by atoms with Crippen molar-refractivity contribution in [2.45, 2.75) is 56.1 Å². The van der Waals surface area contributed by atoms with E-state index >= 15 is 0 Å². The van der Waals surface area contributed by atoms with Gasteiger partial charge in [-0.2, -0.15) is 4.31 Å². The quantitative estimate of drug-likeness (QED) is 0.869. The maximum absolute atomic E-state index is 14.0. The summed E-state index contributed by atoms with van der Waals surface area (Å²) in [5, 5.41) is 8.97. The SMILES string of the molecule is CN(C1CCCCCC1)S(=O)(=O)c1ccc(CO)cc1F. The van der Waals surface area contributed by atoms with Crippen LogP contribution in [0.3, 0.4) is 0 Å². The van der Waals surface area contributed by atoms with Gasteiger partial charge in [-0.25, -0.2) is 12.8 Å². The summed E-state index contributed by atoms with van der Waals surface area (Å²) in [6.07, 6.45) is 5.93. The van der Waals surface area contributed by atoms with Gasteiger partial charge in [-0.1, -0.05) is 31.7 Å². The first-order valence-corrected chi connectivity index (χ1v) is 8.78. The van der Waals surface area contributed by atoms with Crippen LogP contribution >= 0.6 is 0 Å². The average Bonchev–Trinajstić information content (AvgIpc) is 2.74. The topological polar surface area (TPSA) is 57.6 Å². The third kappa shape index (κ3) is 3.62. The molecule has 1 saturated carbocycles. The maximum Gasteiger partial charge on any atom is 0.245 e. The van der Waals surface area contributed by atoms with Crippen LogP contribution in [0, 0.1) is 5.82 Å². The molecule has 0 atom stereocenters. The van der Waals surface area contributed by atoms with Gasteiger partial charge < -0.3 is 5.11 Å². The Morgan fingerprint density at radius 3 is 2.38 bits per heavy atom. The molecule has 1 fully saturated rings. The van der Waals surface area contributed by atoms with Gasteiger partial charge in [-0.15, -0.1) is 0 Å². The average molecular weight is 315 g/mol. The van der Waals surface area contributed by atoms with Crippen LogP contribution in [0.1, 0.15) is 44.1 Å². The highest BCUT2D eigenvalue weighted by molar-refractivity contribution is 7.89. The molecule has 0 aromatic heterocycles. The molecule has 1 aliphatic carbocycles. The third-order valence-electron chi connectivity index (χ3n) is 4.17. The highest BCUT2D eigenvalue weighted by Gasteiger charge is 2.30. The minimum absolute atomic E-state index is 0.0607. The normalized spacial score (nSPS) is 17.9. The minimum Gasteiger partial charge on any atom is -0.392 e. The Labute approximate surface area is 125 Å². The fourth-order valence-electron chi connectivity index (χ4n) is 2.82. The number of hydrogen-bond acceptors (Lipinski definition) is 3. The second-order valence-electron chi connectivity index (χ2n) is 5.59. The zero-order chi connectivity index (χ0) is 15.5. The molecule has 1 aliphatic rings. The van der Waals surface area contributed by atoms with Crippen LogP contribution in [-0.4, -0.2) is 30.9 Å². The Balaban J connectivity index is 2.27. The molecule has 0 amide bonds. The van der Waals surface area contributed by atoms with Crippen LogP contribution in [0.5, 0.6) is 0 Å². The molecule has 21 heavy (non-hydrogen) atoms. The Bertz CT molecular complexity index is 581. The molecule has 2 rings (SSSR count). The van der Waals surface area contributed by atoms with Crippen molar-refractivity contribution in [1.82, 2.24) is 4.31 Å². The molecule has 4 nitrogen and oxygen atoms in total. The van der Waals surface area contributed by atoms with Gasteiger partial charge in [-0.3, -0.25) is 0 Å². The van der Waals surface area contributed by atoms with E-state index in [-0.39, 0.29) is 17.5 Å². The number of halogens is 1. The molecular formula is C15H22FNO3S. The van der Waals surface area contributed by atoms with Crippen molar-refractivity contribution >= 4 is 10.0 Å². The van der Waals surface area contributed by atoms with Crippen molar-refractivity contribution in [1.29, 1.82) is 0 Å². The van der Waals surface area contributed by atoms with Gasteiger partial charge in [0.05, 0.1) is 6.61 Å². The van der Waals surface area contributed by atoms with Gasteiger partial charge in [0, 0.05) is 13.1 Å². The minimum atomic E-state index is -3.83. The molecule has 1 aromatic rings. The van der Waals surface area contributed by atoms with Crippen molar-refractivity contribution in [2.24, 2.45) is 0 Å². The number of sulfonamides is 1. The van der Waals surface area contributed by atoms with Gasteiger partial charge in [-0.05, 0) is 30.5 Å². The molecule has 0 unspecified atom stereocenters. The third-order valence-corrected chi connectivity index (χ3v) is 6.12. The number of rotatable bonds is 4. The van der Waals surface area contributed by atoms with Crippen molar-refractivity contribution in [3.8, 4) is 0 Å². The van der Waals surface area contributed by atoms with E-state index in [1.807, 2.05) is 0 Å². The van der Waals surface area contributed by atoms with Gasteiger partial charge in [0.25, 0.3) is 0 Å². The standard InChI is InChI=1S/C15H22FNO3S/c1-17(13-6-4-2-3-5-7-13)21(19,20)15-9-8-12(11-18)10-14(15)16/h8-10,13,18H,2-7,11H2,1H3. The van der Waals surface area contributed by atoms with E-state index < -0.39 is 15.8 Å². The van der Waals surface area contributed by atoms with E-state index in [4.69, 9.17) is 5.11 Å². The Morgan fingerprint density at radius 1 is 1.24 bits per heavy atom. The molecule has 0 radical (unpaired) electrons. The summed E-state index contributed by atoms with van der Waals surface area (Å²) in [6, 6.07) is 3.70. The number of nitrogens with zero attached hydrogens (tertiary/aromatic N) is 1. The monoisotopic (exact) mass is 315 g/mol. The molecule has 0 bridgehead atoms. The molecule has 118 valence electrons. The highest BCUT2D eigenvalue weighted by atomic mass is 32.2. The summed E-state index contributed by atoms with van der Waals surface area (Å²) >= 11 is 0. The second-order valence-corrected chi connectivity index (χ2v) is 7.56. The predicted molar refractivity (Wildman–Crippen MR) is 78.8 cm³/mol. The number of benzene rings is 1.